The Balaban J connectivity index is 1.97. The molecular weight excluding hydrogens is 260 g/mol. The Kier molecular flexibility index (Phi) is 4.39. The monoisotopic (exact) mass is 282 g/mol. The fraction of sp³-hybridized carbons (Fsp3) is 0.769. The van der Waals surface area contributed by atoms with Gasteiger partial charge in [-0.2, -0.15) is 0 Å². The first-order valence-electron chi connectivity index (χ1n) is 6.69. The largest absolute Gasteiger partial charge is 0.414 e. The Morgan fingerprint density at radius 2 is 2.30 bits per heavy atom. The van der Waals surface area contributed by atoms with Gasteiger partial charge in [0.2, 0.25) is 5.89 Å². The van der Waals surface area contributed by atoms with Gasteiger partial charge in [-0.05, 0) is 25.4 Å². The van der Waals surface area contributed by atoms with E-state index < -0.39 is 0 Å². The average molecular weight is 282 g/mol. The molecule has 112 valence electrons. The van der Waals surface area contributed by atoms with Gasteiger partial charge in [0.05, 0.1) is 0 Å². The van der Waals surface area contributed by atoms with Crippen LogP contribution in [0.4, 0.5) is 0 Å². The number of hydrogen-bond acceptors (Lipinski definition) is 6. The summed E-state index contributed by atoms with van der Waals surface area (Å²) in [6.45, 7) is 5.15. The number of likely N-dealkylation sites (tertiary alicyclic amines) is 1. The second-order valence-corrected chi connectivity index (χ2v) is 5.89. The van der Waals surface area contributed by atoms with E-state index in [9.17, 15) is 4.79 Å². The quantitative estimate of drug-likeness (QED) is 0.789. The number of ether oxygens (including phenoxy) is 1. The minimum Gasteiger partial charge on any atom is -0.414 e. The number of methoxy groups -OCH3 is 1. The third kappa shape index (κ3) is 3.34. The SMILES string of the molecule is COCc1nnc(C(=O)N(C)C[C@@]2(C)CCN(C)C2)o1. The third-order valence-corrected chi connectivity index (χ3v) is 3.63. The molecule has 1 amide bonds. The molecule has 0 spiro atoms. The summed E-state index contributed by atoms with van der Waals surface area (Å²) in [4.78, 5) is 16.2. The lowest BCUT2D eigenvalue weighted by atomic mass is 9.89. The van der Waals surface area contributed by atoms with Crippen molar-refractivity contribution < 1.29 is 13.9 Å². The van der Waals surface area contributed by atoms with Crippen molar-refractivity contribution in [3.05, 3.63) is 11.8 Å². The average Bonchev–Trinajstić information content (AvgIpc) is 2.96. The predicted molar refractivity (Wildman–Crippen MR) is 72.2 cm³/mol. The molecule has 1 saturated heterocycles. The number of aromatic nitrogens is 2. The zero-order valence-corrected chi connectivity index (χ0v) is 12.5. The van der Waals surface area contributed by atoms with Crippen LogP contribution in [0.2, 0.25) is 0 Å². The van der Waals surface area contributed by atoms with Crippen LogP contribution in [0.5, 0.6) is 0 Å². The number of amides is 1. The smallest absolute Gasteiger partial charge is 0.311 e. The highest BCUT2D eigenvalue weighted by Crippen LogP contribution is 2.29. The van der Waals surface area contributed by atoms with Crippen LogP contribution in [0.3, 0.4) is 0 Å². The van der Waals surface area contributed by atoms with E-state index >= 15 is 0 Å². The molecule has 1 aromatic heterocycles. The maximum Gasteiger partial charge on any atom is 0.311 e. The van der Waals surface area contributed by atoms with Gasteiger partial charge in [0, 0.05) is 27.2 Å². The highest BCUT2D eigenvalue weighted by molar-refractivity contribution is 5.89. The Morgan fingerprint density at radius 1 is 1.55 bits per heavy atom. The maximum atomic E-state index is 12.2. The van der Waals surface area contributed by atoms with E-state index in [0.29, 0.717) is 12.4 Å². The summed E-state index contributed by atoms with van der Waals surface area (Å²) in [7, 11) is 5.41. The summed E-state index contributed by atoms with van der Waals surface area (Å²) in [5.41, 5.74) is 0.120. The van der Waals surface area contributed by atoms with Crippen LogP contribution in [0.15, 0.2) is 4.42 Å². The second-order valence-electron chi connectivity index (χ2n) is 5.89. The van der Waals surface area contributed by atoms with Crippen LogP contribution in [-0.4, -0.2) is 66.7 Å². The summed E-state index contributed by atoms with van der Waals surface area (Å²) in [5, 5.41) is 7.54. The zero-order chi connectivity index (χ0) is 14.8. The Labute approximate surface area is 118 Å². The van der Waals surface area contributed by atoms with Crippen molar-refractivity contribution in [3.63, 3.8) is 0 Å². The maximum absolute atomic E-state index is 12.2. The van der Waals surface area contributed by atoms with Crippen LogP contribution in [0.25, 0.3) is 0 Å². The molecule has 7 nitrogen and oxygen atoms in total. The summed E-state index contributed by atoms with van der Waals surface area (Å²) in [6, 6.07) is 0. The van der Waals surface area contributed by atoms with Crippen LogP contribution in [-0.2, 0) is 11.3 Å². The Bertz CT molecular complexity index is 476. The van der Waals surface area contributed by atoms with Gasteiger partial charge >= 0.3 is 11.8 Å². The minimum absolute atomic E-state index is 0.0227. The van der Waals surface area contributed by atoms with E-state index in [1.54, 1.807) is 11.9 Å². The molecule has 1 aliphatic rings. The number of rotatable bonds is 5. The normalized spacial score (nSPS) is 23.2. The number of nitrogens with zero attached hydrogens (tertiary/aromatic N) is 4. The highest BCUT2D eigenvalue weighted by atomic mass is 16.5. The van der Waals surface area contributed by atoms with Gasteiger partial charge in [0.15, 0.2) is 0 Å². The zero-order valence-electron chi connectivity index (χ0n) is 12.5. The van der Waals surface area contributed by atoms with Gasteiger partial charge in [0.25, 0.3) is 0 Å². The predicted octanol–water partition coefficient (Wildman–Crippen LogP) is 0.630. The van der Waals surface area contributed by atoms with E-state index in [0.717, 1.165) is 19.5 Å². The first-order chi connectivity index (χ1) is 9.43. The molecule has 1 aromatic rings. The van der Waals surface area contributed by atoms with Gasteiger partial charge in [-0.15, -0.1) is 10.2 Å². The van der Waals surface area contributed by atoms with Crippen molar-refractivity contribution in [2.45, 2.75) is 20.0 Å². The van der Waals surface area contributed by atoms with Crippen molar-refractivity contribution >= 4 is 5.91 Å². The molecule has 0 unspecified atom stereocenters. The lowest BCUT2D eigenvalue weighted by Crippen LogP contribution is -2.38. The number of carbonyl (C=O) groups is 1. The molecule has 0 radical (unpaired) electrons. The number of hydrogen-bond donors (Lipinski definition) is 0. The van der Waals surface area contributed by atoms with Crippen LogP contribution in [0, 0.1) is 5.41 Å². The minimum atomic E-state index is -0.240. The molecule has 0 N–H and O–H groups in total. The molecule has 0 aliphatic carbocycles. The molecule has 2 rings (SSSR count). The van der Waals surface area contributed by atoms with E-state index in [2.05, 4.69) is 29.1 Å². The fourth-order valence-corrected chi connectivity index (χ4v) is 2.73. The van der Waals surface area contributed by atoms with Gasteiger partial charge < -0.3 is 19.0 Å². The van der Waals surface area contributed by atoms with Crippen molar-refractivity contribution in [2.75, 3.05) is 40.8 Å². The molecule has 0 aromatic carbocycles. The van der Waals surface area contributed by atoms with Gasteiger partial charge in [-0.3, -0.25) is 4.79 Å². The van der Waals surface area contributed by atoms with E-state index in [1.807, 2.05) is 0 Å². The van der Waals surface area contributed by atoms with E-state index in [-0.39, 0.29) is 23.8 Å². The fourth-order valence-electron chi connectivity index (χ4n) is 2.73. The molecule has 20 heavy (non-hydrogen) atoms. The summed E-state index contributed by atoms with van der Waals surface area (Å²) in [6.07, 6.45) is 1.08. The van der Waals surface area contributed by atoms with Crippen LogP contribution < -0.4 is 0 Å². The summed E-state index contributed by atoms with van der Waals surface area (Å²) < 4.78 is 10.2. The molecule has 0 bridgehead atoms. The number of carbonyl (C=O) groups excluding carboxylic acids is 1. The van der Waals surface area contributed by atoms with E-state index in [1.165, 1.54) is 7.11 Å². The van der Waals surface area contributed by atoms with Crippen molar-refractivity contribution in [1.29, 1.82) is 0 Å². The Morgan fingerprint density at radius 3 is 2.90 bits per heavy atom. The van der Waals surface area contributed by atoms with Crippen LogP contribution >= 0.6 is 0 Å². The topological polar surface area (TPSA) is 71.7 Å². The first kappa shape index (κ1) is 14.9. The summed E-state index contributed by atoms with van der Waals surface area (Å²) in [5.74, 6) is 0.0983. The molecule has 1 fully saturated rings. The van der Waals surface area contributed by atoms with E-state index in [4.69, 9.17) is 9.15 Å². The summed E-state index contributed by atoms with van der Waals surface area (Å²) >= 11 is 0. The van der Waals surface area contributed by atoms with Gasteiger partial charge in [-0.1, -0.05) is 6.92 Å². The first-order valence-corrected chi connectivity index (χ1v) is 6.69. The van der Waals surface area contributed by atoms with Crippen molar-refractivity contribution in [3.8, 4) is 0 Å². The second kappa shape index (κ2) is 5.88. The third-order valence-electron chi connectivity index (χ3n) is 3.63. The van der Waals surface area contributed by atoms with Crippen molar-refractivity contribution in [1.82, 2.24) is 20.0 Å². The van der Waals surface area contributed by atoms with Gasteiger partial charge in [0.1, 0.15) is 6.61 Å². The molecule has 7 heteroatoms. The molecule has 1 aliphatic heterocycles. The molecular formula is C13H22N4O3. The molecule has 2 heterocycles. The lowest BCUT2D eigenvalue weighted by molar-refractivity contribution is 0.0683. The molecule has 1 atom stereocenters. The highest BCUT2D eigenvalue weighted by Gasteiger charge is 2.35. The van der Waals surface area contributed by atoms with Gasteiger partial charge in [-0.25, -0.2) is 0 Å². The lowest BCUT2D eigenvalue weighted by Gasteiger charge is -2.29. The van der Waals surface area contributed by atoms with Crippen LogP contribution in [0.1, 0.15) is 29.9 Å². The molecule has 0 saturated carbocycles. The standard InChI is InChI=1S/C13H22N4O3/c1-13(5-6-16(2)8-13)9-17(3)12(18)11-15-14-10(20-11)7-19-4/h5-9H2,1-4H3/t13-/m0/s1. The Hall–Kier alpha value is -1.47. The van der Waals surface area contributed by atoms with Crippen molar-refractivity contribution in [2.24, 2.45) is 5.41 Å².